The molecule has 0 aliphatic carbocycles. The lowest BCUT2D eigenvalue weighted by Gasteiger charge is -2.33. The minimum Gasteiger partial charge on any atom is -0.497 e. The molecule has 128 valence electrons. The van der Waals surface area contributed by atoms with Crippen LogP contribution in [0.4, 0.5) is 0 Å². The van der Waals surface area contributed by atoms with Crippen LogP contribution in [0.25, 0.3) is 0 Å². The molecule has 0 unspecified atom stereocenters. The van der Waals surface area contributed by atoms with Gasteiger partial charge in [0.2, 0.25) is 10.0 Å². The highest BCUT2D eigenvalue weighted by molar-refractivity contribution is 7.89. The SMILES string of the molecule is COc1ccc(S(=O)(=O)N2CCN(CC(=O)O)CC2)c(OC)c1. The number of carboxylic acids is 1. The van der Waals surface area contributed by atoms with E-state index in [9.17, 15) is 13.2 Å². The molecule has 0 atom stereocenters. The Kier molecular flexibility index (Phi) is 5.45. The molecule has 0 radical (unpaired) electrons. The van der Waals surface area contributed by atoms with Gasteiger partial charge in [0.15, 0.2) is 0 Å². The maximum atomic E-state index is 12.8. The Morgan fingerprint density at radius 2 is 1.83 bits per heavy atom. The number of aliphatic carboxylic acids is 1. The molecule has 0 saturated carbocycles. The Labute approximate surface area is 135 Å². The zero-order valence-corrected chi connectivity index (χ0v) is 13.9. The van der Waals surface area contributed by atoms with Gasteiger partial charge in [-0.2, -0.15) is 4.31 Å². The highest BCUT2D eigenvalue weighted by Gasteiger charge is 2.31. The predicted octanol–water partition coefficient (Wildman–Crippen LogP) is 0.0947. The van der Waals surface area contributed by atoms with Crippen LogP contribution in [-0.4, -0.2) is 75.6 Å². The van der Waals surface area contributed by atoms with Crippen LogP contribution in [0, 0.1) is 0 Å². The quantitative estimate of drug-likeness (QED) is 0.781. The van der Waals surface area contributed by atoms with Crippen molar-refractivity contribution in [1.29, 1.82) is 0 Å². The standard InChI is InChI=1S/C14H20N2O6S/c1-21-11-3-4-13(12(9-11)22-2)23(19,20)16-7-5-15(6-8-16)10-14(17)18/h3-4,9H,5-8,10H2,1-2H3,(H,17,18). The second kappa shape index (κ2) is 7.16. The summed E-state index contributed by atoms with van der Waals surface area (Å²) in [6.45, 7) is 1.16. The number of hydrogen-bond acceptors (Lipinski definition) is 6. The summed E-state index contributed by atoms with van der Waals surface area (Å²) in [5, 5.41) is 8.79. The van der Waals surface area contributed by atoms with E-state index in [1.807, 2.05) is 0 Å². The molecule has 0 spiro atoms. The molecular formula is C14H20N2O6S. The summed E-state index contributed by atoms with van der Waals surface area (Å²) in [4.78, 5) is 12.5. The highest BCUT2D eigenvalue weighted by atomic mass is 32.2. The van der Waals surface area contributed by atoms with Crippen molar-refractivity contribution < 1.29 is 27.8 Å². The Bertz CT molecular complexity index is 668. The molecule has 1 heterocycles. The van der Waals surface area contributed by atoms with E-state index in [0.717, 1.165) is 0 Å². The smallest absolute Gasteiger partial charge is 0.317 e. The maximum Gasteiger partial charge on any atom is 0.317 e. The number of carboxylic acid groups (broad SMARTS) is 1. The van der Waals surface area contributed by atoms with Gasteiger partial charge in [-0.3, -0.25) is 9.69 Å². The van der Waals surface area contributed by atoms with Crippen LogP contribution >= 0.6 is 0 Å². The molecule has 9 heteroatoms. The molecule has 8 nitrogen and oxygen atoms in total. The van der Waals surface area contributed by atoms with Crippen LogP contribution in [-0.2, 0) is 14.8 Å². The average molecular weight is 344 g/mol. The highest BCUT2D eigenvalue weighted by Crippen LogP contribution is 2.30. The van der Waals surface area contributed by atoms with E-state index in [2.05, 4.69) is 0 Å². The van der Waals surface area contributed by atoms with Crippen molar-refractivity contribution in [3.8, 4) is 11.5 Å². The van der Waals surface area contributed by atoms with E-state index in [4.69, 9.17) is 14.6 Å². The van der Waals surface area contributed by atoms with Crippen molar-refractivity contribution >= 4 is 16.0 Å². The summed E-state index contributed by atoms with van der Waals surface area (Å²) in [6, 6.07) is 4.54. The summed E-state index contributed by atoms with van der Waals surface area (Å²) in [5.41, 5.74) is 0. The normalized spacial score (nSPS) is 17.0. The molecule has 1 aliphatic rings. The van der Waals surface area contributed by atoms with Gasteiger partial charge in [0.1, 0.15) is 16.4 Å². The fraction of sp³-hybridized carbons (Fsp3) is 0.500. The van der Waals surface area contributed by atoms with Gasteiger partial charge >= 0.3 is 5.97 Å². The Balaban J connectivity index is 2.18. The van der Waals surface area contributed by atoms with Crippen molar-refractivity contribution in [1.82, 2.24) is 9.21 Å². The molecule has 0 bridgehead atoms. The van der Waals surface area contributed by atoms with Gasteiger partial charge in [-0.05, 0) is 12.1 Å². The van der Waals surface area contributed by atoms with Crippen LogP contribution in [0.1, 0.15) is 0 Å². The van der Waals surface area contributed by atoms with Gasteiger partial charge in [0.25, 0.3) is 0 Å². The summed E-state index contributed by atoms with van der Waals surface area (Å²) in [5.74, 6) is -0.192. The van der Waals surface area contributed by atoms with E-state index >= 15 is 0 Å². The largest absolute Gasteiger partial charge is 0.497 e. The summed E-state index contributed by atoms with van der Waals surface area (Å²) in [6.07, 6.45) is 0. The Morgan fingerprint density at radius 3 is 2.35 bits per heavy atom. The van der Waals surface area contributed by atoms with Crippen LogP contribution in [0.2, 0.25) is 0 Å². The first-order valence-corrected chi connectivity index (χ1v) is 8.49. The maximum absolute atomic E-state index is 12.8. The molecule has 1 saturated heterocycles. The van der Waals surface area contributed by atoms with Crippen molar-refractivity contribution in [2.24, 2.45) is 0 Å². The second-order valence-electron chi connectivity index (χ2n) is 5.09. The molecule has 1 N–H and O–H groups in total. The minimum atomic E-state index is -3.70. The molecule has 0 amide bonds. The molecule has 1 aromatic carbocycles. The number of ether oxygens (including phenoxy) is 2. The van der Waals surface area contributed by atoms with Crippen LogP contribution in [0.3, 0.4) is 0 Å². The monoisotopic (exact) mass is 344 g/mol. The van der Waals surface area contributed by atoms with Gasteiger partial charge in [-0.25, -0.2) is 8.42 Å². The van der Waals surface area contributed by atoms with Crippen LogP contribution in [0.15, 0.2) is 23.1 Å². The first-order valence-electron chi connectivity index (χ1n) is 7.05. The van der Waals surface area contributed by atoms with Gasteiger partial charge in [-0.1, -0.05) is 0 Å². The van der Waals surface area contributed by atoms with E-state index < -0.39 is 16.0 Å². The van der Waals surface area contributed by atoms with Crippen molar-refractivity contribution in [2.45, 2.75) is 4.90 Å². The number of sulfonamides is 1. The topological polar surface area (TPSA) is 96.4 Å². The molecule has 1 fully saturated rings. The van der Waals surface area contributed by atoms with E-state index in [1.165, 1.54) is 30.7 Å². The lowest BCUT2D eigenvalue weighted by Crippen LogP contribution is -2.49. The average Bonchev–Trinajstić information content (AvgIpc) is 2.54. The second-order valence-corrected chi connectivity index (χ2v) is 7.00. The lowest BCUT2D eigenvalue weighted by atomic mass is 10.3. The van der Waals surface area contributed by atoms with Crippen LogP contribution in [0.5, 0.6) is 11.5 Å². The summed E-state index contributed by atoms with van der Waals surface area (Å²) < 4.78 is 37.1. The van der Waals surface area contributed by atoms with Gasteiger partial charge in [0.05, 0.1) is 20.8 Å². The first-order chi connectivity index (χ1) is 10.9. The molecular weight excluding hydrogens is 324 g/mol. The van der Waals surface area contributed by atoms with Crippen molar-refractivity contribution in [2.75, 3.05) is 46.9 Å². The number of rotatable bonds is 6. The fourth-order valence-corrected chi connectivity index (χ4v) is 4.01. The fourth-order valence-electron chi connectivity index (χ4n) is 2.45. The number of benzene rings is 1. The zero-order chi connectivity index (χ0) is 17.0. The number of nitrogens with zero attached hydrogens (tertiary/aromatic N) is 2. The molecule has 1 aromatic rings. The van der Waals surface area contributed by atoms with Crippen molar-refractivity contribution in [3.05, 3.63) is 18.2 Å². The first kappa shape index (κ1) is 17.5. The lowest BCUT2D eigenvalue weighted by molar-refractivity contribution is -0.138. The Morgan fingerprint density at radius 1 is 1.17 bits per heavy atom. The molecule has 23 heavy (non-hydrogen) atoms. The van der Waals surface area contributed by atoms with E-state index in [-0.39, 0.29) is 30.3 Å². The third-order valence-corrected chi connectivity index (χ3v) is 5.62. The van der Waals surface area contributed by atoms with Crippen LogP contribution < -0.4 is 9.47 Å². The van der Waals surface area contributed by atoms with Gasteiger partial charge < -0.3 is 14.6 Å². The van der Waals surface area contributed by atoms with Gasteiger partial charge in [-0.15, -0.1) is 0 Å². The number of hydrogen-bond donors (Lipinski definition) is 1. The minimum absolute atomic E-state index is 0.0764. The molecule has 2 rings (SSSR count). The van der Waals surface area contributed by atoms with Gasteiger partial charge in [0, 0.05) is 32.2 Å². The third kappa shape index (κ3) is 3.92. The van der Waals surface area contributed by atoms with Crippen molar-refractivity contribution in [3.63, 3.8) is 0 Å². The predicted molar refractivity (Wildman–Crippen MR) is 82.4 cm³/mol. The summed E-state index contributed by atoms with van der Waals surface area (Å²) in [7, 11) is -0.811. The number of methoxy groups -OCH3 is 2. The third-order valence-electron chi connectivity index (χ3n) is 3.68. The number of piperazine rings is 1. The molecule has 1 aliphatic heterocycles. The van der Waals surface area contributed by atoms with E-state index in [1.54, 1.807) is 11.0 Å². The number of carbonyl (C=O) groups is 1. The summed E-state index contributed by atoms with van der Waals surface area (Å²) >= 11 is 0. The zero-order valence-electron chi connectivity index (χ0n) is 13.1. The Hall–Kier alpha value is -1.84. The van der Waals surface area contributed by atoms with E-state index in [0.29, 0.717) is 18.8 Å². The molecule has 0 aromatic heterocycles.